The van der Waals surface area contributed by atoms with Crippen molar-refractivity contribution in [2.75, 3.05) is 27.3 Å². The number of nitrogens with one attached hydrogen (secondary N) is 1. The molecule has 1 aromatic heterocycles. The van der Waals surface area contributed by atoms with Crippen molar-refractivity contribution in [1.29, 1.82) is 0 Å². The predicted molar refractivity (Wildman–Crippen MR) is 98.9 cm³/mol. The summed E-state index contributed by atoms with van der Waals surface area (Å²) in [7, 11) is 3.32. The Morgan fingerprint density at radius 1 is 1.19 bits per heavy atom. The minimum atomic E-state index is -0.0354. The molecule has 1 amide bonds. The molecule has 6 nitrogen and oxygen atoms in total. The second-order valence-corrected chi connectivity index (χ2v) is 6.46. The lowest BCUT2D eigenvalue weighted by Crippen LogP contribution is -2.29. The lowest BCUT2D eigenvalue weighted by molar-refractivity contribution is 0.0786. The van der Waals surface area contributed by atoms with Gasteiger partial charge in [-0.1, -0.05) is 18.2 Å². The van der Waals surface area contributed by atoms with Crippen molar-refractivity contribution >= 4 is 16.8 Å². The number of amides is 1. The molecule has 1 N–H and O–H groups in total. The summed E-state index contributed by atoms with van der Waals surface area (Å²) in [5, 5.41) is 8.03. The fraction of sp³-hybridized carbons (Fsp3) is 0.300. The van der Waals surface area contributed by atoms with Crippen LogP contribution in [-0.2, 0) is 0 Å². The number of aromatic nitrogens is 2. The molecule has 0 spiro atoms. The van der Waals surface area contributed by atoms with Crippen LogP contribution >= 0.6 is 0 Å². The molecular formula is C20H21N3O3. The number of aromatic amines is 1. The molecule has 3 aromatic rings. The number of H-pyrrole nitrogens is 1. The number of hydrogen-bond acceptors (Lipinski definition) is 4. The highest BCUT2D eigenvalue weighted by atomic mass is 16.5. The van der Waals surface area contributed by atoms with Crippen molar-refractivity contribution in [3.05, 3.63) is 53.7 Å². The van der Waals surface area contributed by atoms with E-state index in [2.05, 4.69) is 10.2 Å². The Labute approximate surface area is 151 Å². The van der Waals surface area contributed by atoms with E-state index in [0.717, 1.165) is 34.4 Å². The highest BCUT2D eigenvalue weighted by molar-refractivity contribution is 6.04. The van der Waals surface area contributed by atoms with Crippen LogP contribution in [0.3, 0.4) is 0 Å². The highest BCUT2D eigenvalue weighted by Crippen LogP contribution is 2.36. The zero-order chi connectivity index (χ0) is 18.1. The van der Waals surface area contributed by atoms with Gasteiger partial charge < -0.3 is 14.4 Å². The van der Waals surface area contributed by atoms with Crippen molar-refractivity contribution in [3.63, 3.8) is 0 Å². The summed E-state index contributed by atoms with van der Waals surface area (Å²) >= 11 is 0. The van der Waals surface area contributed by atoms with Gasteiger partial charge >= 0.3 is 0 Å². The molecule has 6 heteroatoms. The van der Waals surface area contributed by atoms with Gasteiger partial charge in [-0.3, -0.25) is 9.89 Å². The molecule has 1 aliphatic rings. The number of para-hydroxylation sites is 1. The summed E-state index contributed by atoms with van der Waals surface area (Å²) in [6, 6.07) is 13.5. The van der Waals surface area contributed by atoms with E-state index in [1.807, 2.05) is 47.4 Å². The van der Waals surface area contributed by atoms with Crippen molar-refractivity contribution in [3.8, 4) is 11.5 Å². The number of likely N-dealkylation sites (tertiary alicyclic amines) is 1. The van der Waals surface area contributed by atoms with E-state index in [0.29, 0.717) is 18.8 Å². The smallest absolute Gasteiger partial charge is 0.275 e. The molecule has 26 heavy (non-hydrogen) atoms. The van der Waals surface area contributed by atoms with Crippen molar-refractivity contribution in [2.45, 2.75) is 12.3 Å². The van der Waals surface area contributed by atoms with Crippen LogP contribution in [0.25, 0.3) is 10.9 Å². The van der Waals surface area contributed by atoms with Crippen LogP contribution < -0.4 is 9.47 Å². The average molecular weight is 351 g/mol. The molecule has 0 radical (unpaired) electrons. The first-order valence-electron chi connectivity index (χ1n) is 8.65. The summed E-state index contributed by atoms with van der Waals surface area (Å²) in [4.78, 5) is 14.8. The lowest BCUT2D eigenvalue weighted by Gasteiger charge is -2.18. The Kier molecular flexibility index (Phi) is 4.24. The van der Waals surface area contributed by atoms with Crippen molar-refractivity contribution in [1.82, 2.24) is 15.1 Å². The van der Waals surface area contributed by atoms with E-state index in [1.165, 1.54) is 0 Å². The van der Waals surface area contributed by atoms with Crippen LogP contribution in [0.1, 0.15) is 28.4 Å². The Morgan fingerprint density at radius 3 is 2.85 bits per heavy atom. The maximum absolute atomic E-state index is 13.0. The maximum atomic E-state index is 13.0. The molecule has 1 fully saturated rings. The van der Waals surface area contributed by atoms with Gasteiger partial charge in [0.15, 0.2) is 5.69 Å². The fourth-order valence-electron chi connectivity index (χ4n) is 3.63. The minimum absolute atomic E-state index is 0.0354. The van der Waals surface area contributed by atoms with E-state index in [4.69, 9.17) is 9.47 Å². The van der Waals surface area contributed by atoms with Gasteiger partial charge in [-0.25, -0.2) is 0 Å². The number of hydrogen-bond donors (Lipinski definition) is 1. The van der Waals surface area contributed by atoms with Gasteiger partial charge in [-0.15, -0.1) is 0 Å². The molecule has 0 aliphatic carbocycles. The Morgan fingerprint density at radius 2 is 2.04 bits per heavy atom. The van der Waals surface area contributed by atoms with E-state index >= 15 is 0 Å². The van der Waals surface area contributed by atoms with Crippen LogP contribution in [0.2, 0.25) is 0 Å². The van der Waals surface area contributed by atoms with Gasteiger partial charge in [0.25, 0.3) is 5.91 Å². The summed E-state index contributed by atoms with van der Waals surface area (Å²) < 4.78 is 10.9. The Hall–Kier alpha value is -3.02. The zero-order valence-electron chi connectivity index (χ0n) is 14.9. The van der Waals surface area contributed by atoms with Gasteiger partial charge in [-0.2, -0.15) is 5.10 Å². The third-order valence-corrected chi connectivity index (χ3v) is 5.03. The largest absolute Gasteiger partial charge is 0.497 e. The maximum Gasteiger partial charge on any atom is 0.275 e. The number of methoxy groups -OCH3 is 2. The second kappa shape index (κ2) is 6.71. The second-order valence-electron chi connectivity index (χ2n) is 6.46. The summed E-state index contributed by atoms with van der Waals surface area (Å²) in [6.07, 6.45) is 0.887. The number of fused-ring (bicyclic) bond motifs is 1. The third kappa shape index (κ3) is 2.77. The van der Waals surface area contributed by atoms with E-state index < -0.39 is 0 Å². The SMILES string of the molecule is COc1ccc(OC)c([C@H]2CCN(C(=O)c3n[nH]c4ccccc34)C2)c1. The average Bonchev–Trinajstić information content (AvgIpc) is 3.34. The minimum Gasteiger partial charge on any atom is -0.497 e. The Balaban J connectivity index is 1.58. The predicted octanol–water partition coefficient (Wildman–Crippen LogP) is 3.21. The van der Waals surface area contributed by atoms with Crippen molar-refractivity contribution < 1.29 is 14.3 Å². The summed E-state index contributed by atoms with van der Waals surface area (Å²) in [5.74, 6) is 1.81. The third-order valence-electron chi connectivity index (χ3n) is 5.03. The normalized spacial score (nSPS) is 16.8. The van der Waals surface area contributed by atoms with Crippen LogP contribution in [0.15, 0.2) is 42.5 Å². The first-order valence-corrected chi connectivity index (χ1v) is 8.65. The number of nitrogens with zero attached hydrogens (tertiary/aromatic N) is 2. The fourth-order valence-corrected chi connectivity index (χ4v) is 3.63. The molecule has 1 saturated heterocycles. The first kappa shape index (κ1) is 16.4. The zero-order valence-corrected chi connectivity index (χ0v) is 14.9. The van der Waals surface area contributed by atoms with Gasteiger partial charge in [0.1, 0.15) is 11.5 Å². The summed E-state index contributed by atoms with van der Waals surface area (Å²) in [5.41, 5.74) is 2.44. The lowest BCUT2D eigenvalue weighted by atomic mass is 9.97. The molecule has 134 valence electrons. The molecule has 1 aliphatic heterocycles. The van der Waals surface area contributed by atoms with Gasteiger partial charge in [0.2, 0.25) is 0 Å². The van der Waals surface area contributed by atoms with Crippen LogP contribution in [0.5, 0.6) is 11.5 Å². The molecule has 0 bridgehead atoms. The molecule has 0 unspecified atom stereocenters. The van der Waals surface area contributed by atoms with E-state index in [-0.39, 0.29) is 11.8 Å². The highest BCUT2D eigenvalue weighted by Gasteiger charge is 2.31. The topological polar surface area (TPSA) is 67.5 Å². The number of benzene rings is 2. The standard InChI is InChI=1S/C20H21N3O3/c1-25-14-7-8-18(26-2)16(11-14)13-9-10-23(12-13)20(24)19-15-5-3-4-6-17(15)21-22-19/h3-8,11,13H,9-10,12H2,1-2H3,(H,21,22)/t13-/m0/s1. The number of rotatable bonds is 4. The molecule has 4 rings (SSSR count). The van der Waals surface area contributed by atoms with Crippen LogP contribution in [-0.4, -0.2) is 48.3 Å². The first-order chi connectivity index (χ1) is 12.7. The van der Waals surface area contributed by atoms with Crippen LogP contribution in [0.4, 0.5) is 0 Å². The number of ether oxygens (including phenoxy) is 2. The molecular weight excluding hydrogens is 330 g/mol. The van der Waals surface area contributed by atoms with Crippen molar-refractivity contribution in [2.24, 2.45) is 0 Å². The van der Waals surface area contributed by atoms with Crippen LogP contribution in [0, 0.1) is 0 Å². The summed E-state index contributed by atoms with van der Waals surface area (Å²) in [6.45, 7) is 1.34. The monoisotopic (exact) mass is 351 g/mol. The number of carbonyl (C=O) groups excluding carboxylic acids is 1. The van der Waals surface area contributed by atoms with Gasteiger partial charge in [0, 0.05) is 30.0 Å². The van der Waals surface area contributed by atoms with E-state index in [9.17, 15) is 4.79 Å². The molecule has 0 saturated carbocycles. The molecule has 2 heterocycles. The van der Waals surface area contributed by atoms with Gasteiger partial charge in [-0.05, 0) is 30.7 Å². The molecule has 1 atom stereocenters. The number of carbonyl (C=O) groups is 1. The molecule has 2 aromatic carbocycles. The Bertz CT molecular complexity index is 950. The van der Waals surface area contributed by atoms with Gasteiger partial charge in [0.05, 0.1) is 19.7 Å². The quantitative estimate of drug-likeness (QED) is 0.784. The van der Waals surface area contributed by atoms with E-state index in [1.54, 1.807) is 14.2 Å².